The minimum absolute atomic E-state index is 0.245. The maximum Gasteiger partial charge on any atom is 0.240 e. The molecule has 8 heteroatoms. The second-order valence-electron chi connectivity index (χ2n) is 8.97. The number of benzene rings is 3. The van der Waals surface area contributed by atoms with Crippen LogP contribution < -0.4 is 14.4 Å². The Kier molecular flexibility index (Phi) is 5.10. The summed E-state index contributed by atoms with van der Waals surface area (Å²) in [5.41, 5.74) is 2.49. The second kappa shape index (κ2) is 8.34. The van der Waals surface area contributed by atoms with Crippen molar-refractivity contribution in [3.63, 3.8) is 0 Å². The molecule has 0 aliphatic carbocycles. The van der Waals surface area contributed by atoms with Crippen molar-refractivity contribution in [3.8, 4) is 11.5 Å². The Bertz CT molecular complexity index is 1420. The molecule has 0 spiro atoms. The highest BCUT2D eigenvalue weighted by Crippen LogP contribution is 2.54. The fraction of sp³-hybridized carbons (Fsp3) is 0.214. The molecule has 6 rings (SSSR count). The molecule has 8 nitrogen and oxygen atoms in total. The van der Waals surface area contributed by atoms with E-state index in [2.05, 4.69) is 5.10 Å². The molecular formula is C28H23N3O5. The molecule has 4 atom stereocenters. The quantitative estimate of drug-likeness (QED) is 0.410. The number of ether oxygens (including phenoxy) is 2. The summed E-state index contributed by atoms with van der Waals surface area (Å²) in [6.45, 7) is 0. The smallest absolute Gasteiger partial charge is 0.240 e. The lowest BCUT2D eigenvalue weighted by Crippen LogP contribution is -2.44. The van der Waals surface area contributed by atoms with E-state index in [1.807, 2.05) is 30.3 Å². The van der Waals surface area contributed by atoms with Gasteiger partial charge in [-0.25, -0.2) is 4.90 Å². The third-order valence-electron chi connectivity index (χ3n) is 7.25. The minimum Gasteiger partial charge on any atom is -0.497 e. The monoisotopic (exact) mass is 481 g/mol. The summed E-state index contributed by atoms with van der Waals surface area (Å²) in [5, 5.41) is 6.25. The molecule has 180 valence electrons. The fourth-order valence-corrected chi connectivity index (χ4v) is 5.65. The van der Waals surface area contributed by atoms with Gasteiger partial charge in [0.05, 0.1) is 44.0 Å². The third kappa shape index (κ3) is 3.07. The minimum atomic E-state index is -0.926. The van der Waals surface area contributed by atoms with Crippen LogP contribution in [0.1, 0.15) is 27.5 Å². The summed E-state index contributed by atoms with van der Waals surface area (Å²) in [7, 11) is 2.99. The largest absolute Gasteiger partial charge is 0.497 e. The Labute approximate surface area is 207 Å². The first kappa shape index (κ1) is 22.0. The summed E-state index contributed by atoms with van der Waals surface area (Å²) in [4.78, 5) is 43.1. The number of carbonyl (C=O) groups excluding carboxylic acids is 3. The fourth-order valence-electron chi connectivity index (χ4n) is 5.65. The molecule has 0 bridgehead atoms. The van der Waals surface area contributed by atoms with Crippen LogP contribution in [0.5, 0.6) is 11.5 Å². The number of Topliss-reactive ketones (excluding diaryl/α,β-unsaturated/α-hetero) is 1. The van der Waals surface area contributed by atoms with Gasteiger partial charge in [-0.1, -0.05) is 54.6 Å². The maximum absolute atomic E-state index is 14.1. The van der Waals surface area contributed by atoms with E-state index < -0.39 is 29.8 Å². The van der Waals surface area contributed by atoms with Gasteiger partial charge in [-0.2, -0.15) is 5.10 Å². The summed E-state index contributed by atoms with van der Waals surface area (Å²) in [6.07, 6.45) is 1.69. The van der Waals surface area contributed by atoms with E-state index in [-0.39, 0.29) is 11.7 Å². The Morgan fingerprint density at radius 1 is 0.861 bits per heavy atom. The Morgan fingerprint density at radius 2 is 1.58 bits per heavy atom. The standard InChI is InChI=1S/C28H23N3O5/c1-35-18-12-13-21(36-2)20(14-18)30-27(33)22-23(28(30)34)25(26(32)16-8-4-3-5-9-16)31-24(22)19-11-7-6-10-17(19)15-29-31/h3-15,22-25H,1-2H3/t22-,23+,24+,25-/m0/s1. The number of imide groups is 1. The number of anilines is 1. The van der Waals surface area contributed by atoms with Crippen LogP contribution in [0.3, 0.4) is 0 Å². The number of methoxy groups -OCH3 is 2. The molecule has 0 saturated carbocycles. The normalized spacial score (nSPS) is 23.8. The van der Waals surface area contributed by atoms with Crippen LogP contribution in [-0.2, 0) is 9.59 Å². The molecule has 3 aromatic rings. The number of carbonyl (C=O) groups is 3. The summed E-state index contributed by atoms with van der Waals surface area (Å²) in [6, 6.07) is 19.9. The van der Waals surface area contributed by atoms with Crippen molar-refractivity contribution < 1.29 is 23.9 Å². The van der Waals surface area contributed by atoms with Crippen LogP contribution in [0, 0.1) is 11.8 Å². The zero-order valence-corrected chi connectivity index (χ0v) is 19.7. The number of nitrogens with zero attached hydrogens (tertiary/aromatic N) is 3. The van der Waals surface area contributed by atoms with E-state index in [0.717, 1.165) is 16.0 Å². The number of hydrogen-bond donors (Lipinski definition) is 0. The number of fused-ring (bicyclic) bond motifs is 5. The molecule has 3 aliphatic rings. The summed E-state index contributed by atoms with van der Waals surface area (Å²) < 4.78 is 10.8. The van der Waals surface area contributed by atoms with Gasteiger partial charge < -0.3 is 9.47 Å². The number of ketones is 1. The Hall–Kier alpha value is -4.46. The van der Waals surface area contributed by atoms with Crippen molar-refractivity contribution in [1.82, 2.24) is 5.01 Å². The highest BCUT2D eigenvalue weighted by molar-refractivity contribution is 6.25. The molecule has 3 heterocycles. The number of rotatable bonds is 5. The maximum atomic E-state index is 14.1. The average Bonchev–Trinajstić information content (AvgIpc) is 3.40. The van der Waals surface area contributed by atoms with Gasteiger partial charge in [0.15, 0.2) is 5.78 Å². The lowest BCUT2D eigenvalue weighted by molar-refractivity contribution is -0.124. The molecule has 0 radical (unpaired) electrons. The van der Waals surface area contributed by atoms with Gasteiger partial charge in [0.25, 0.3) is 0 Å². The van der Waals surface area contributed by atoms with E-state index in [1.54, 1.807) is 53.7 Å². The van der Waals surface area contributed by atoms with E-state index in [4.69, 9.17) is 9.47 Å². The first-order chi connectivity index (χ1) is 17.5. The van der Waals surface area contributed by atoms with Crippen molar-refractivity contribution in [2.75, 3.05) is 19.1 Å². The lowest BCUT2D eigenvalue weighted by Gasteiger charge is -2.34. The molecule has 0 unspecified atom stereocenters. The third-order valence-corrected chi connectivity index (χ3v) is 7.25. The second-order valence-corrected chi connectivity index (χ2v) is 8.97. The SMILES string of the molecule is COc1ccc(OC)c(N2C(=O)[C@@H]3[C@H](C2=O)[C@H]2c4ccccc4C=NN2[C@@H]3C(=O)c2ccccc2)c1. The predicted octanol–water partition coefficient (Wildman–Crippen LogP) is 3.47. The van der Waals surface area contributed by atoms with Gasteiger partial charge in [-0.15, -0.1) is 0 Å². The number of hydrazone groups is 1. The van der Waals surface area contributed by atoms with Gasteiger partial charge in [-0.05, 0) is 23.3 Å². The van der Waals surface area contributed by atoms with Gasteiger partial charge in [0.1, 0.15) is 17.5 Å². The van der Waals surface area contributed by atoms with E-state index in [9.17, 15) is 14.4 Å². The van der Waals surface area contributed by atoms with Gasteiger partial charge >= 0.3 is 0 Å². The van der Waals surface area contributed by atoms with Gasteiger partial charge in [0, 0.05) is 11.6 Å². The molecule has 2 saturated heterocycles. The highest BCUT2D eigenvalue weighted by Gasteiger charge is 2.65. The van der Waals surface area contributed by atoms with Crippen LogP contribution in [-0.4, -0.2) is 49.1 Å². The van der Waals surface area contributed by atoms with Crippen LogP contribution in [0.4, 0.5) is 5.69 Å². The molecule has 2 amide bonds. The molecule has 3 aromatic carbocycles. The first-order valence-corrected chi connectivity index (χ1v) is 11.7. The van der Waals surface area contributed by atoms with Crippen molar-refractivity contribution in [2.24, 2.45) is 16.9 Å². The molecule has 0 N–H and O–H groups in total. The van der Waals surface area contributed by atoms with Crippen molar-refractivity contribution in [2.45, 2.75) is 12.1 Å². The predicted molar refractivity (Wildman–Crippen MR) is 132 cm³/mol. The average molecular weight is 482 g/mol. The number of hydrogen-bond acceptors (Lipinski definition) is 7. The molecule has 2 fully saturated rings. The summed E-state index contributed by atoms with van der Waals surface area (Å²) >= 11 is 0. The van der Waals surface area contributed by atoms with Crippen LogP contribution in [0.15, 0.2) is 77.9 Å². The van der Waals surface area contributed by atoms with Crippen LogP contribution in [0.2, 0.25) is 0 Å². The van der Waals surface area contributed by atoms with Crippen molar-refractivity contribution >= 4 is 29.5 Å². The van der Waals surface area contributed by atoms with Gasteiger partial charge in [-0.3, -0.25) is 19.4 Å². The molecule has 0 aromatic heterocycles. The zero-order chi connectivity index (χ0) is 25.0. The summed E-state index contributed by atoms with van der Waals surface area (Å²) in [5.74, 6) is -1.93. The Morgan fingerprint density at radius 3 is 2.33 bits per heavy atom. The number of amides is 2. The topological polar surface area (TPSA) is 88.5 Å². The molecule has 3 aliphatic heterocycles. The Balaban J connectivity index is 1.51. The van der Waals surface area contributed by atoms with Gasteiger partial charge in [0.2, 0.25) is 11.8 Å². The van der Waals surface area contributed by atoms with Crippen LogP contribution in [0.25, 0.3) is 0 Å². The molecule has 36 heavy (non-hydrogen) atoms. The van der Waals surface area contributed by atoms with E-state index in [0.29, 0.717) is 22.7 Å². The zero-order valence-electron chi connectivity index (χ0n) is 19.7. The lowest BCUT2D eigenvalue weighted by atomic mass is 9.83. The van der Waals surface area contributed by atoms with Crippen LogP contribution >= 0.6 is 0 Å². The van der Waals surface area contributed by atoms with Crippen molar-refractivity contribution in [3.05, 3.63) is 89.5 Å². The van der Waals surface area contributed by atoms with Crippen molar-refractivity contribution in [1.29, 1.82) is 0 Å². The highest BCUT2D eigenvalue weighted by atomic mass is 16.5. The van der Waals surface area contributed by atoms with E-state index in [1.165, 1.54) is 14.2 Å². The first-order valence-electron chi connectivity index (χ1n) is 11.7. The molecular weight excluding hydrogens is 458 g/mol. The van der Waals surface area contributed by atoms with E-state index >= 15 is 0 Å².